The van der Waals surface area contributed by atoms with Crippen LogP contribution in [0.1, 0.15) is 11.1 Å². The summed E-state index contributed by atoms with van der Waals surface area (Å²) in [5, 5.41) is 13.2. The minimum atomic E-state index is -4.37. The van der Waals surface area contributed by atoms with Gasteiger partial charge in [-0.3, -0.25) is 14.9 Å². The van der Waals surface area contributed by atoms with Crippen molar-refractivity contribution in [3.8, 4) is 0 Å². The second-order valence-corrected chi connectivity index (χ2v) is 5.86. The number of nitro groups is 1. The summed E-state index contributed by atoms with van der Waals surface area (Å²) in [5.41, 5.74) is 0.324. The average Bonchev–Trinajstić information content (AvgIpc) is 2.54. The number of nitro benzene ring substituents is 1. The number of nitrogens with one attached hydrogen (secondary N) is 2. The highest BCUT2D eigenvalue weighted by molar-refractivity contribution is 5.91. The van der Waals surface area contributed by atoms with Crippen molar-refractivity contribution in [3.63, 3.8) is 0 Å². The summed E-state index contributed by atoms with van der Waals surface area (Å²) in [4.78, 5) is 22.8. The van der Waals surface area contributed by atoms with E-state index < -0.39 is 16.7 Å². The number of benzene rings is 2. The molecule has 1 atom stereocenters. The lowest BCUT2D eigenvalue weighted by Crippen LogP contribution is -3.08. The first-order valence-electron chi connectivity index (χ1n) is 7.67. The van der Waals surface area contributed by atoms with Crippen LogP contribution in [0.2, 0.25) is 0 Å². The van der Waals surface area contributed by atoms with Crippen molar-refractivity contribution >= 4 is 17.3 Å². The summed E-state index contributed by atoms with van der Waals surface area (Å²) in [5.74, 6) is -0.303. The maximum Gasteiger partial charge on any atom is 0.416 e. The molecule has 2 rings (SSSR count). The summed E-state index contributed by atoms with van der Waals surface area (Å²) in [6.07, 6.45) is -4.37. The third kappa shape index (κ3) is 5.55. The van der Waals surface area contributed by atoms with Crippen LogP contribution < -0.4 is 10.2 Å². The van der Waals surface area contributed by atoms with Gasteiger partial charge in [-0.05, 0) is 24.3 Å². The highest BCUT2D eigenvalue weighted by Crippen LogP contribution is 2.28. The number of halogens is 3. The normalized spacial score (nSPS) is 12.5. The molecular formula is C17H17F3N3O3+. The number of anilines is 1. The first kappa shape index (κ1) is 19.4. The smallest absolute Gasteiger partial charge is 0.326 e. The number of carbonyl (C=O) groups is 1. The Bertz CT molecular complexity index is 775. The van der Waals surface area contributed by atoms with E-state index in [1.54, 1.807) is 7.05 Å². The third-order valence-corrected chi connectivity index (χ3v) is 3.61. The van der Waals surface area contributed by atoms with E-state index >= 15 is 0 Å². The average molecular weight is 368 g/mol. The highest BCUT2D eigenvalue weighted by Gasteiger charge is 2.30. The summed E-state index contributed by atoms with van der Waals surface area (Å²) in [6, 6.07) is 10.2. The number of likely N-dealkylation sites (N-methyl/N-ethyl adjacent to an activating group) is 1. The molecule has 138 valence electrons. The molecular weight excluding hydrogens is 351 g/mol. The molecule has 0 spiro atoms. The second kappa shape index (κ2) is 7.96. The number of hydrogen-bond acceptors (Lipinski definition) is 3. The van der Waals surface area contributed by atoms with Crippen molar-refractivity contribution in [2.75, 3.05) is 18.9 Å². The maximum atomic E-state index is 12.5. The van der Waals surface area contributed by atoms with Crippen LogP contribution in [0.15, 0.2) is 48.5 Å². The van der Waals surface area contributed by atoms with E-state index in [9.17, 15) is 28.1 Å². The Balaban J connectivity index is 1.87. The van der Waals surface area contributed by atoms with Crippen molar-refractivity contribution in [1.29, 1.82) is 0 Å². The predicted molar refractivity (Wildman–Crippen MR) is 88.6 cm³/mol. The molecule has 1 unspecified atom stereocenters. The quantitative estimate of drug-likeness (QED) is 0.607. The Labute approximate surface area is 147 Å². The number of non-ortho nitro benzene ring substituents is 1. The molecule has 0 saturated heterocycles. The summed E-state index contributed by atoms with van der Waals surface area (Å²) in [6.45, 7) is 0.476. The molecule has 2 aromatic rings. The van der Waals surface area contributed by atoms with E-state index in [2.05, 4.69) is 5.32 Å². The zero-order valence-corrected chi connectivity index (χ0v) is 13.8. The van der Waals surface area contributed by atoms with Crippen molar-refractivity contribution in [2.24, 2.45) is 0 Å². The molecule has 0 saturated carbocycles. The minimum Gasteiger partial charge on any atom is -0.326 e. The van der Waals surface area contributed by atoms with Gasteiger partial charge in [-0.15, -0.1) is 0 Å². The highest BCUT2D eigenvalue weighted by atomic mass is 19.4. The molecule has 2 N–H and O–H groups in total. The van der Waals surface area contributed by atoms with Gasteiger partial charge in [0.2, 0.25) is 0 Å². The number of rotatable bonds is 6. The Hall–Kier alpha value is -2.94. The van der Waals surface area contributed by atoms with Gasteiger partial charge in [-0.25, -0.2) is 0 Å². The molecule has 0 aliphatic carbocycles. The van der Waals surface area contributed by atoms with Gasteiger partial charge in [0, 0.05) is 23.4 Å². The van der Waals surface area contributed by atoms with Crippen LogP contribution >= 0.6 is 0 Å². The third-order valence-electron chi connectivity index (χ3n) is 3.61. The van der Waals surface area contributed by atoms with Crippen molar-refractivity contribution < 1.29 is 27.8 Å². The molecule has 26 heavy (non-hydrogen) atoms. The summed E-state index contributed by atoms with van der Waals surface area (Å²) >= 11 is 0. The van der Waals surface area contributed by atoms with Crippen LogP contribution in [0.25, 0.3) is 0 Å². The molecule has 9 heteroatoms. The fraction of sp³-hybridized carbons (Fsp3) is 0.235. The lowest BCUT2D eigenvalue weighted by molar-refractivity contribution is -0.885. The fourth-order valence-electron chi connectivity index (χ4n) is 2.37. The van der Waals surface area contributed by atoms with Crippen LogP contribution in [0.5, 0.6) is 0 Å². The Morgan fingerprint density at radius 2 is 1.69 bits per heavy atom. The number of amides is 1. The Morgan fingerprint density at radius 1 is 1.12 bits per heavy atom. The first-order valence-corrected chi connectivity index (χ1v) is 7.67. The Morgan fingerprint density at radius 3 is 2.19 bits per heavy atom. The van der Waals surface area contributed by atoms with Crippen LogP contribution in [-0.2, 0) is 17.5 Å². The monoisotopic (exact) mass is 368 g/mol. The first-order chi connectivity index (χ1) is 12.1. The van der Waals surface area contributed by atoms with Gasteiger partial charge in [0.15, 0.2) is 6.54 Å². The van der Waals surface area contributed by atoms with Crippen LogP contribution in [0, 0.1) is 10.1 Å². The van der Waals surface area contributed by atoms with E-state index in [-0.39, 0.29) is 18.1 Å². The Kier molecular flexibility index (Phi) is 5.93. The van der Waals surface area contributed by atoms with E-state index in [4.69, 9.17) is 0 Å². The van der Waals surface area contributed by atoms with Gasteiger partial charge in [-0.1, -0.05) is 12.1 Å². The van der Waals surface area contributed by atoms with Crippen molar-refractivity contribution in [2.45, 2.75) is 12.7 Å². The molecule has 0 fully saturated rings. The lowest BCUT2D eigenvalue weighted by atomic mass is 10.1. The van der Waals surface area contributed by atoms with Crippen molar-refractivity contribution in [1.82, 2.24) is 0 Å². The zero-order chi connectivity index (χ0) is 19.3. The molecule has 0 radical (unpaired) electrons. The van der Waals surface area contributed by atoms with Gasteiger partial charge in [0.1, 0.15) is 6.54 Å². The van der Waals surface area contributed by atoms with Gasteiger partial charge in [0.05, 0.1) is 17.5 Å². The van der Waals surface area contributed by atoms with Crippen LogP contribution in [0.4, 0.5) is 24.5 Å². The van der Waals surface area contributed by atoms with Gasteiger partial charge >= 0.3 is 6.18 Å². The SMILES string of the molecule is C[NH+](CC(=O)Nc1ccc([N+](=O)[O-])cc1)Cc1ccc(C(F)(F)F)cc1. The van der Waals surface area contributed by atoms with Crippen LogP contribution in [0.3, 0.4) is 0 Å². The van der Waals surface area contributed by atoms with E-state index in [1.807, 2.05) is 0 Å². The minimum absolute atomic E-state index is 0.0759. The fourth-order valence-corrected chi connectivity index (χ4v) is 2.37. The predicted octanol–water partition coefficient (Wildman–Crippen LogP) is 2.27. The topological polar surface area (TPSA) is 76.7 Å². The molecule has 0 aromatic heterocycles. The van der Waals surface area contributed by atoms with E-state index in [0.717, 1.165) is 17.0 Å². The zero-order valence-electron chi connectivity index (χ0n) is 13.8. The molecule has 0 bridgehead atoms. The largest absolute Gasteiger partial charge is 0.416 e. The molecule has 0 aliphatic rings. The van der Waals surface area contributed by atoms with Gasteiger partial charge < -0.3 is 10.2 Å². The second-order valence-electron chi connectivity index (χ2n) is 5.86. The number of alkyl halides is 3. The summed E-state index contributed by atoms with van der Waals surface area (Å²) in [7, 11) is 1.74. The van der Waals surface area contributed by atoms with Gasteiger partial charge in [0.25, 0.3) is 11.6 Å². The molecule has 2 aromatic carbocycles. The number of carbonyl (C=O) groups excluding carboxylic acids is 1. The van der Waals surface area contributed by atoms with Crippen molar-refractivity contribution in [3.05, 3.63) is 69.8 Å². The molecule has 0 heterocycles. The number of hydrogen-bond donors (Lipinski definition) is 2. The molecule has 0 aliphatic heterocycles. The summed E-state index contributed by atoms with van der Waals surface area (Å²) < 4.78 is 37.6. The van der Waals surface area contributed by atoms with E-state index in [0.29, 0.717) is 17.8 Å². The number of nitrogens with zero attached hydrogens (tertiary/aromatic N) is 1. The standard InChI is InChI=1S/C17H16F3N3O3/c1-22(10-12-2-4-13(5-3-12)17(18,19)20)11-16(24)21-14-6-8-15(9-7-14)23(25)26/h2-9H,10-11H2,1H3,(H,21,24)/p+1. The lowest BCUT2D eigenvalue weighted by Gasteiger charge is -2.14. The van der Waals surface area contributed by atoms with Gasteiger partial charge in [-0.2, -0.15) is 13.2 Å². The maximum absolute atomic E-state index is 12.5. The van der Waals surface area contributed by atoms with E-state index in [1.165, 1.54) is 36.4 Å². The molecule has 1 amide bonds. The van der Waals surface area contributed by atoms with Crippen LogP contribution in [-0.4, -0.2) is 24.4 Å². The number of quaternary nitrogens is 1. The molecule has 6 nitrogen and oxygen atoms in total.